The molecule has 1 heterocycles. The van der Waals surface area contributed by atoms with Crippen LogP contribution in [-0.4, -0.2) is 255 Å². The lowest BCUT2D eigenvalue weighted by atomic mass is 9.90. The van der Waals surface area contributed by atoms with E-state index >= 15 is 19.2 Å². The quantitative estimate of drug-likeness (QED) is 0.0888. The lowest BCUT2D eigenvalue weighted by molar-refractivity contribution is -0.169. The highest BCUT2D eigenvalue weighted by Gasteiger charge is 2.47. The molecule has 4 N–H and O–H groups in total. The third-order valence-corrected chi connectivity index (χ3v) is 17.2. The van der Waals surface area contributed by atoms with Gasteiger partial charge in [-0.1, -0.05) is 117 Å². The Morgan fingerprint density at radius 3 is 1.41 bits per heavy atom. The van der Waals surface area contributed by atoms with Crippen molar-refractivity contribution in [2.75, 3.05) is 82.8 Å². The summed E-state index contributed by atoms with van der Waals surface area (Å²) in [4.78, 5) is 185. The molecule has 534 valence electrons. The Labute approximate surface area is 556 Å². The van der Waals surface area contributed by atoms with E-state index in [9.17, 15) is 38.4 Å². The summed E-state index contributed by atoms with van der Waals surface area (Å²) in [6.07, 6.45) is 0.930. The van der Waals surface area contributed by atoms with Gasteiger partial charge in [-0.05, 0) is 93.8 Å². The minimum Gasteiger partial charge on any atom is -0.458 e. The average Bonchev–Trinajstić information content (AvgIpc) is 0.817. The van der Waals surface area contributed by atoms with Crippen LogP contribution in [0.2, 0.25) is 0 Å². The lowest BCUT2D eigenvalue weighted by Crippen LogP contribution is -2.64. The van der Waals surface area contributed by atoms with Crippen LogP contribution in [0.5, 0.6) is 0 Å². The number of carbonyl (C=O) groups excluding carboxylic acids is 12. The first-order valence-electron chi connectivity index (χ1n) is 33.5. The molecule has 0 aromatic rings. The second-order valence-corrected chi connectivity index (χ2v) is 27.9. The molecular formula is C67H121N11O15. The van der Waals surface area contributed by atoms with Gasteiger partial charge in [-0.3, -0.25) is 52.7 Å². The van der Waals surface area contributed by atoms with Gasteiger partial charge >= 0.3 is 5.97 Å². The summed E-state index contributed by atoms with van der Waals surface area (Å²) >= 11 is 0. The molecule has 1 aliphatic heterocycles. The molecule has 1 aliphatic rings. The van der Waals surface area contributed by atoms with Crippen molar-refractivity contribution >= 4 is 70.9 Å². The molecule has 0 spiro atoms. The highest BCUT2D eigenvalue weighted by molar-refractivity contribution is 5.99. The zero-order valence-electron chi connectivity index (χ0n) is 61.1. The third-order valence-electron chi connectivity index (χ3n) is 17.2. The number of likely N-dealkylation sites (N-methyl/N-ethyl adjacent to an activating group) is 7. The lowest BCUT2D eigenvalue weighted by Gasteiger charge is -2.42. The molecule has 2 unspecified atom stereocenters. The SMILES string of the molecule is CCCCC(C)[C@@H](OC(=O)COCCOC)C1C(=O)N[C@H](CC)C(=O)N(C)CC(=O)N(C)[C@@H](CC(C)C)C(=O)N[C@@H](C(C)C)C(=O)N(C)[C@@H](CC(C)C)C(=O)N[C@@H](C)C(=O)N[C@H](C)C(=O)N(C)[C@@H](CC(C)C)C(=O)N(C)[C@@H](CC(C)C)C(=O)N(C)[C@H](C(C)C)C(=O)N1C. The summed E-state index contributed by atoms with van der Waals surface area (Å²) < 4.78 is 16.8. The number of rotatable bonds is 22. The topological polar surface area (TPSA) is 303 Å². The fourth-order valence-corrected chi connectivity index (χ4v) is 11.5. The molecule has 0 aromatic carbocycles. The van der Waals surface area contributed by atoms with Crippen LogP contribution in [0.25, 0.3) is 0 Å². The van der Waals surface area contributed by atoms with E-state index < -0.39 is 168 Å². The van der Waals surface area contributed by atoms with Crippen LogP contribution < -0.4 is 21.3 Å². The van der Waals surface area contributed by atoms with E-state index in [0.29, 0.717) is 12.8 Å². The van der Waals surface area contributed by atoms with Crippen LogP contribution in [-0.2, 0) is 71.7 Å². The number of nitrogens with one attached hydrogen (secondary N) is 4. The summed E-state index contributed by atoms with van der Waals surface area (Å²) in [5, 5.41) is 11.1. The summed E-state index contributed by atoms with van der Waals surface area (Å²) in [6, 6.07) is -12.7. The molecule has 0 aliphatic carbocycles. The maximum Gasteiger partial charge on any atom is 0.332 e. The standard InChI is InChI=1S/C67H121N11O15/c1-26-28-29-44(15)57(93-53(80)37-92-31-30-91-25)56-61(84)70-47(27-2)63(86)72(18)36-52(79)73(19)48(32-38(3)4)60(83)71-54(42(11)12)66(89)74(20)49(33-39(5)6)59(82)68-45(16)58(81)69-46(17)62(85)75(21)50(34-40(7)8)64(87)76(22)51(35-41(9)10)65(88)77(23)55(43(13)14)67(90)78(56)24/h38-51,54-57H,26-37H2,1-25H3,(H,68,82)(H,69,81)(H,70,84)(H,71,83)/t44?,45-,46+,47+,48-,49-,50-,51-,54-,55+,56?,57+/m0/s1. The van der Waals surface area contributed by atoms with Gasteiger partial charge in [0.05, 0.1) is 19.8 Å². The highest BCUT2D eigenvalue weighted by atomic mass is 16.6. The second-order valence-electron chi connectivity index (χ2n) is 27.9. The van der Waals surface area contributed by atoms with Crippen LogP contribution in [0.4, 0.5) is 0 Å². The number of methoxy groups -OCH3 is 1. The van der Waals surface area contributed by atoms with Gasteiger partial charge in [0, 0.05) is 56.4 Å². The number of amides is 11. The normalized spacial score (nSPS) is 25.5. The van der Waals surface area contributed by atoms with Gasteiger partial charge in [0.2, 0.25) is 65.0 Å². The van der Waals surface area contributed by atoms with Crippen LogP contribution in [0.3, 0.4) is 0 Å². The number of ether oxygens (including phenoxy) is 3. The number of carbonyl (C=O) groups is 12. The van der Waals surface area contributed by atoms with Crippen molar-refractivity contribution in [1.82, 2.24) is 55.6 Å². The number of nitrogens with zero attached hydrogens (tertiary/aromatic N) is 7. The predicted molar refractivity (Wildman–Crippen MR) is 355 cm³/mol. The number of unbranched alkanes of at least 4 members (excludes halogenated alkanes) is 1. The Morgan fingerprint density at radius 2 is 0.935 bits per heavy atom. The summed E-state index contributed by atoms with van der Waals surface area (Å²) in [5.41, 5.74) is 0. The van der Waals surface area contributed by atoms with Crippen LogP contribution >= 0.6 is 0 Å². The Hall–Kier alpha value is -6.44. The Morgan fingerprint density at radius 1 is 0.484 bits per heavy atom. The molecule has 26 heteroatoms. The van der Waals surface area contributed by atoms with Crippen molar-refractivity contribution < 1.29 is 71.7 Å². The summed E-state index contributed by atoms with van der Waals surface area (Å²) in [5.74, 6) is -10.9. The van der Waals surface area contributed by atoms with E-state index in [1.807, 2.05) is 62.3 Å². The van der Waals surface area contributed by atoms with Crippen LogP contribution in [0, 0.1) is 41.4 Å². The summed E-state index contributed by atoms with van der Waals surface area (Å²) in [6.45, 7) is 29.1. The monoisotopic (exact) mass is 1320 g/mol. The fraction of sp³-hybridized carbons (Fsp3) is 0.821. The van der Waals surface area contributed by atoms with E-state index in [2.05, 4.69) is 21.3 Å². The van der Waals surface area contributed by atoms with Gasteiger partial charge in [-0.15, -0.1) is 0 Å². The first kappa shape index (κ1) is 84.6. The van der Waals surface area contributed by atoms with Crippen molar-refractivity contribution in [3.8, 4) is 0 Å². The largest absolute Gasteiger partial charge is 0.458 e. The third kappa shape index (κ3) is 25.3. The van der Waals surface area contributed by atoms with E-state index in [-0.39, 0.29) is 69.0 Å². The fourth-order valence-electron chi connectivity index (χ4n) is 11.5. The first-order chi connectivity index (χ1) is 43.1. The van der Waals surface area contributed by atoms with Crippen molar-refractivity contribution in [2.24, 2.45) is 41.4 Å². The smallest absolute Gasteiger partial charge is 0.332 e. The maximum absolute atomic E-state index is 15.6. The molecule has 11 amide bonds. The van der Waals surface area contributed by atoms with Crippen LogP contribution in [0.15, 0.2) is 0 Å². The molecule has 26 nitrogen and oxygen atoms in total. The zero-order valence-corrected chi connectivity index (χ0v) is 61.1. The van der Waals surface area contributed by atoms with Gasteiger partial charge in [0.1, 0.15) is 73.1 Å². The molecule has 0 saturated carbocycles. The van der Waals surface area contributed by atoms with Crippen molar-refractivity contribution in [3.63, 3.8) is 0 Å². The number of hydrogen-bond donors (Lipinski definition) is 4. The van der Waals surface area contributed by atoms with E-state index in [1.165, 1.54) is 94.8 Å². The van der Waals surface area contributed by atoms with E-state index in [0.717, 1.165) is 16.2 Å². The highest BCUT2D eigenvalue weighted by Crippen LogP contribution is 2.27. The maximum atomic E-state index is 15.6. The molecule has 0 bridgehead atoms. The molecule has 93 heavy (non-hydrogen) atoms. The minimum absolute atomic E-state index is 0.0198. The zero-order chi connectivity index (χ0) is 71.8. The molecule has 1 rings (SSSR count). The van der Waals surface area contributed by atoms with Gasteiger partial charge in [0.25, 0.3) is 0 Å². The molecule has 1 saturated heterocycles. The van der Waals surface area contributed by atoms with Crippen molar-refractivity contribution in [3.05, 3.63) is 0 Å². The Kier molecular flexibility index (Phi) is 36.4. The number of esters is 1. The molecule has 0 radical (unpaired) electrons. The second kappa shape index (κ2) is 40.1. The summed E-state index contributed by atoms with van der Waals surface area (Å²) in [7, 11) is 11.4. The molecule has 12 atom stereocenters. The van der Waals surface area contributed by atoms with Gasteiger partial charge < -0.3 is 69.8 Å². The van der Waals surface area contributed by atoms with E-state index in [4.69, 9.17) is 14.2 Å². The minimum atomic E-state index is -1.65. The van der Waals surface area contributed by atoms with Crippen molar-refractivity contribution in [1.29, 1.82) is 0 Å². The Bertz CT molecular complexity index is 2490. The molecular weight excluding hydrogens is 1200 g/mol. The molecule has 0 aromatic heterocycles. The van der Waals surface area contributed by atoms with Crippen molar-refractivity contribution in [2.45, 2.75) is 236 Å². The van der Waals surface area contributed by atoms with E-state index in [1.54, 1.807) is 41.5 Å². The molecule has 1 fully saturated rings. The van der Waals surface area contributed by atoms with Gasteiger partial charge in [-0.2, -0.15) is 0 Å². The van der Waals surface area contributed by atoms with Gasteiger partial charge in [-0.25, -0.2) is 4.79 Å². The van der Waals surface area contributed by atoms with Crippen LogP contribution in [0.1, 0.15) is 169 Å². The predicted octanol–water partition coefficient (Wildman–Crippen LogP) is 3.71. The Balaban J connectivity index is 4.50. The first-order valence-corrected chi connectivity index (χ1v) is 33.5. The van der Waals surface area contributed by atoms with Gasteiger partial charge in [0.15, 0.2) is 0 Å². The number of hydrogen-bond acceptors (Lipinski definition) is 15. The average molecular weight is 1320 g/mol.